The highest BCUT2D eigenvalue weighted by Gasteiger charge is 2.18. The van der Waals surface area contributed by atoms with E-state index in [-0.39, 0.29) is 17.5 Å². The fourth-order valence-electron chi connectivity index (χ4n) is 3.22. The van der Waals surface area contributed by atoms with E-state index in [1.54, 1.807) is 42.5 Å². The van der Waals surface area contributed by atoms with Crippen molar-refractivity contribution < 1.29 is 19.5 Å². The molecule has 0 saturated carbocycles. The quantitative estimate of drug-likeness (QED) is 0.503. The number of hydrogen-bond acceptors (Lipinski definition) is 5. The molecule has 0 atom stereocenters. The van der Waals surface area contributed by atoms with E-state index in [9.17, 15) is 14.4 Å². The average molecular weight is 402 g/mol. The SMILES string of the molecule is O=C1Cc2ccc(NC(=O)c3ccccc3NCc3ccnc(C(=O)O)c3)cc2N1. The average Bonchev–Trinajstić information content (AvgIpc) is 3.12. The molecule has 1 aliphatic heterocycles. The summed E-state index contributed by atoms with van der Waals surface area (Å²) in [5, 5.41) is 17.8. The van der Waals surface area contributed by atoms with E-state index in [4.69, 9.17) is 5.11 Å². The first-order chi connectivity index (χ1) is 14.5. The van der Waals surface area contributed by atoms with Crippen molar-refractivity contribution in [3.05, 3.63) is 83.2 Å². The second-order valence-electron chi connectivity index (χ2n) is 6.80. The van der Waals surface area contributed by atoms with Gasteiger partial charge in [0.25, 0.3) is 5.91 Å². The normalized spacial score (nSPS) is 12.1. The maximum absolute atomic E-state index is 12.8. The lowest BCUT2D eigenvalue weighted by molar-refractivity contribution is -0.115. The van der Waals surface area contributed by atoms with E-state index in [1.165, 1.54) is 12.3 Å². The Bertz CT molecular complexity index is 1160. The largest absolute Gasteiger partial charge is 0.477 e. The van der Waals surface area contributed by atoms with Crippen LogP contribution in [0.1, 0.15) is 32.0 Å². The number of carboxylic acids is 1. The maximum atomic E-state index is 12.8. The zero-order chi connectivity index (χ0) is 21.1. The van der Waals surface area contributed by atoms with E-state index in [1.807, 2.05) is 6.07 Å². The number of amides is 2. The molecule has 1 aromatic heterocycles. The summed E-state index contributed by atoms with van der Waals surface area (Å²) < 4.78 is 0. The molecule has 0 aliphatic carbocycles. The van der Waals surface area contributed by atoms with Gasteiger partial charge in [-0.25, -0.2) is 9.78 Å². The molecule has 8 heteroatoms. The monoisotopic (exact) mass is 402 g/mol. The Hall–Kier alpha value is -4.20. The first-order valence-corrected chi connectivity index (χ1v) is 9.25. The number of rotatable bonds is 6. The van der Waals surface area contributed by atoms with Crippen LogP contribution in [0.5, 0.6) is 0 Å². The van der Waals surface area contributed by atoms with E-state index in [2.05, 4.69) is 20.9 Å². The number of nitrogens with zero attached hydrogens (tertiary/aromatic N) is 1. The summed E-state index contributed by atoms with van der Waals surface area (Å²) in [5.41, 5.74) is 3.92. The molecule has 0 bridgehead atoms. The lowest BCUT2D eigenvalue weighted by Gasteiger charge is -2.13. The highest BCUT2D eigenvalue weighted by Crippen LogP contribution is 2.27. The molecule has 0 spiro atoms. The van der Waals surface area contributed by atoms with Gasteiger partial charge in [-0.05, 0) is 47.5 Å². The van der Waals surface area contributed by atoms with Crippen LogP contribution in [0.2, 0.25) is 0 Å². The van der Waals surface area contributed by atoms with Gasteiger partial charge >= 0.3 is 5.97 Å². The Morgan fingerprint density at radius 2 is 1.93 bits per heavy atom. The summed E-state index contributed by atoms with van der Waals surface area (Å²) in [4.78, 5) is 39.2. The lowest BCUT2D eigenvalue weighted by Crippen LogP contribution is -2.15. The number of hydrogen-bond donors (Lipinski definition) is 4. The molecule has 30 heavy (non-hydrogen) atoms. The Kier molecular flexibility index (Phi) is 5.13. The minimum atomic E-state index is -1.10. The first kappa shape index (κ1) is 19.1. The van der Waals surface area contributed by atoms with Crippen molar-refractivity contribution in [2.75, 3.05) is 16.0 Å². The molecule has 3 aromatic rings. The molecule has 2 heterocycles. The molecule has 0 unspecified atom stereocenters. The third kappa shape index (κ3) is 4.12. The van der Waals surface area contributed by atoms with Gasteiger partial charge in [-0.15, -0.1) is 0 Å². The van der Waals surface area contributed by atoms with Crippen LogP contribution in [0.25, 0.3) is 0 Å². The predicted molar refractivity (Wildman–Crippen MR) is 112 cm³/mol. The van der Waals surface area contributed by atoms with Crippen molar-refractivity contribution >= 4 is 34.8 Å². The predicted octanol–water partition coefficient (Wildman–Crippen LogP) is 3.14. The zero-order valence-corrected chi connectivity index (χ0v) is 15.8. The van der Waals surface area contributed by atoms with Crippen molar-refractivity contribution in [2.45, 2.75) is 13.0 Å². The Morgan fingerprint density at radius 1 is 1.10 bits per heavy atom. The number of aromatic nitrogens is 1. The van der Waals surface area contributed by atoms with Gasteiger partial charge in [0, 0.05) is 29.8 Å². The Balaban J connectivity index is 1.48. The van der Waals surface area contributed by atoms with Crippen LogP contribution in [0.4, 0.5) is 17.1 Å². The number of benzene rings is 2. The summed E-state index contributed by atoms with van der Waals surface area (Å²) >= 11 is 0. The summed E-state index contributed by atoms with van der Waals surface area (Å²) in [6, 6.07) is 15.5. The van der Waals surface area contributed by atoms with Gasteiger partial charge in [0.1, 0.15) is 5.69 Å². The van der Waals surface area contributed by atoms with Gasteiger partial charge in [-0.2, -0.15) is 0 Å². The lowest BCUT2D eigenvalue weighted by atomic mass is 10.1. The van der Waals surface area contributed by atoms with Gasteiger partial charge in [0.05, 0.1) is 12.0 Å². The topological polar surface area (TPSA) is 120 Å². The maximum Gasteiger partial charge on any atom is 0.354 e. The van der Waals surface area contributed by atoms with Gasteiger partial charge in [-0.1, -0.05) is 18.2 Å². The molecule has 4 rings (SSSR count). The summed E-state index contributed by atoms with van der Waals surface area (Å²) in [7, 11) is 0. The molecular weight excluding hydrogens is 384 g/mol. The van der Waals surface area contributed by atoms with Gasteiger partial charge in [0.2, 0.25) is 5.91 Å². The third-order valence-corrected chi connectivity index (χ3v) is 4.69. The van der Waals surface area contributed by atoms with Crippen LogP contribution < -0.4 is 16.0 Å². The van der Waals surface area contributed by atoms with E-state index < -0.39 is 5.97 Å². The van der Waals surface area contributed by atoms with Gasteiger partial charge < -0.3 is 21.1 Å². The second kappa shape index (κ2) is 8.04. The van der Waals surface area contributed by atoms with Crippen molar-refractivity contribution in [3.8, 4) is 0 Å². The molecule has 2 amide bonds. The molecule has 8 nitrogen and oxygen atoms in total. The number of nitrogens with one attached hydrogen (secondary N) is 3. The number of carboxylic acid groups (broad SMARTS) is 1. The molecule has 0 fully saturated rings. The number of anilines is 3. The summed E-state index contributed by atoms with van der Waals surface area (Å²) in [6.07, 6.45) is 1.78. The minimum Gasteiger partial charge on any atom is -0.477 e. The van der Waals surface area contributed by atoms with Crippen molar-refractivity contribution in [2.24, 2.45) is 0 Å². The van der Waals surface area contributed by atoms with E-state index in [0.717, 1.165) is 11.1 Å². The van der Waals surface area contributed by atoms with Crippen LogP contribution >= 0.6 is 0 Å². The molecule has 0 saturated heterocycles. The fourth-order valence-corrected chi connectivity index (χ4v) is 3.22. The molecular formula is C22H18N4O4. The third-order valence-electron chi connectivity index (χ3n) is 4.69. The fraction of sp³-hybridized carbons (Fsp3) is 0.0909. The zero-order valence-electron chi connectivity index (χ0n) is 15.8. The molecule has 4 N–H and O–H groups in total. The number of para-hydroxylation sites is 1. The molecule has 0 radical (unpaired) electrons. The highest BCUT2D eigenvalue weighted by molar-refractivity contribution is 6.08. The minimum absolute atomic E-state index is 0.0379. The van der Waals surface area contributed by atoms with Crippen LogP contribution in [-0.4, -0.2) is 27.9 Å². The van der Waals surface area contributed by atoms with Crippen LogP contribution in [0.3, 0.4) is 0 Å². The molecule has 2 aromatic carbocycles. The van der Waals surface area contributed by atoms with Crippen molar-refractivity contribution in [1.29, 1.82) is 0 Å². The van der Waals surface area contributed by atoms with Crippen LogP contribution in [0.15, 0.2) is 60.8 Å². The molecule has 1 aliphatic rings. The van der Waals surface area contributed by atoms with Crippen molar-refractivity contribution in [1.82, 2.24) is 4.98 Å². The highest BCUT2D eigenvalue weighted by atomic mass is 16.4. The van der Waals surface area contributed by atoms with Crippen LogP contribution in [-0.2, 0) is 17.8 Å². The van der Waals surface area contributed by atoms with Gasteiger partial charge in [0.15, 0.2) is 0 Å². The first-order valence-electron chi connectivity index (χ1n) is 9.25. The number of carbonyl (C=O) groups excluding carboxylic acids is 2. The standard InChI is InChI=1S/C22H18N4O4/c27-20-10-14-5-6-15(11-18(14)26-20)25-21(28)16-3-1-2-4-17(16)24-12-13-7-8-23-19(9-13)22(29)30/h1-9,11,24H,10,12H2,(H,25,28)(H,26,27)(H,29,30). The number of pyridine rings is 1. The summed E-state index contributed by atoms with van der Waals surface area (Å²) in [5.74, 6) is -1.46. The Morgan fingerprint density at radius 3 is 2.77 bits per heavy atom. The van der Waals surface area contributed by atoms with Crippen LogP contribution in [0, 0.1) is 0 Å². The van der Waals surface area contributed by atoms with E-state index >= 15 is 0 Å². The number of aromatic carboxylic acids is 1. The number of fused-ring (bicyclic) bond motifs is 1. The van der Waals surface area contributed by atoms with E-state index in [0.29, 0.717) is 35.6 Å². The Labute approximate surface area is 172 Å². The smallest absolute Gasteiger partial charge is 0.354 e. The summed E-state index contributed by atoms with van der Waals surface area (Å²) in [6.45, 7) is 0.331. The molecule has 150 valence electrons. The van der Waals surface area contributed by atoms with Crippen molar-refractivity contribution in [3.63, 3.8) is 0 Å². The number of carbonyl (C=O) groups is 3. The van der Waals surface area contributed by atoms with Gasteiger partial charge in [-0.3, -0.25) is 9.59 Å². The second-order valence-corrected chi connectivity index (χ2v) is 6.80.